The molecule has 0 spiro atoms. The number of hydrogen-bond acceptors (Lipinski definition) is 5. The molecule has 2 heterocycles. The monoisotopic (exact) mass is 256 g/mol. The molecule has 1 aromatic rings. The normalized spacial score (nSPS) is 20.3. The number of hydrogen-bond donors (Lipinski definition) is 2. The van der Waals surface area contributed by atoms with E-state index < -0.39 is 0 Å². The molecule has 1 aliphatic heterocycles. The summed E-state index contributed by atoms with van der Waals surface area (Å²) in [7, 11) is 0. The van der Waals surface area contributed by atoms with Crippen LogP contribution in [0.25, 0.3) is 0 Å². The Kier molecular flexibility index (Phi) is 4.27. The highest BCUT2D eigenvalue weighted by molar-refractivity contribution is 7.13. The Labute approximate surface area is 104 Å². The summed E-state index contributed by atoms with van der Waals surface area (Å²) in [5.41, 5.74) is 1.58. The van der Waals surface area contributed by atoms with Gasteiger partial charge in [-0.25, -0.2) is 4.79 Å². The molecule has 0 bridgehead atoms. The van der Waals surface area contributed by atoms with Crippen molar-refractivity contribution in [1.82, 2.24) is 15.1 Å². The first-order chi connectivity index (χ1) is 8.31. The largest absolute Gasteiger partial charge is 0.396 e. The molecule has 0 aromatic carbocycles. The van der Waals surface area contributed by atoms with Crippen LogP contribution in [0.5, 0.6) is 0 Å². The minimum atomic E-state index is -0.139. The van der Waals surface area contributed by atoms with E-state index in [1.54, 1.807) is 10.4 Å². The third-order valence-electron chi connectivity index (χ3n) is 2.92. The van der Waals surface area contributed by atoms with Gasteiger partial charge >= 0.3 is 6.03 Å². The summed E-state index contributed by atoms with van der Waals surface area (Å²) in [5, 5.41) is 19.7. The van der Waals surface area contributed by atoms with Crippen molar-refractivity contribution in [3.05, 3.63) is 5.51 Å². The van der Waals surface area contributed by atoms with E-state index in [0.717, 1.165) is 25.8 Å². The summed E-state index contributed by atoms with van der Waals surface area (Å²) in [5.74, 6) is 0. The summed E-state index contributed by atoms with van der Waals surface area (Å²) in [6.45, 7) is 0.864. The molecular formula is C10H16N4O2S. The quantitative estimate of drug-likeness (QED) is 0.854. The lowest BCUT2D eigenvalue weighted by atomic mass is 10.0. The molecule has 6 nitrogen and oxygen atoms in total. The van der Waals surface area contributed by atoms with Crippen LogP contribution in [0.1, 0.15) is 25.7 Å². The van der Waals surface area contributed by atoms with Crippen LogP contribution in [0.2, 0.25) is 0 Å². The number of anilines is 1. The fourth-order valence-corrected chi connectivity index (χ4v) is 2.54. The number of aliphatic hydroxyl groups is 1. The molecule has 94 valence electrons. The van der Waals surface area contributed by atoms with Gasteiger partial charge in [0, 0.05) is 19.2 Å². The van der Waals surface area contributed by atoms with Crippen LogP contribution in [-0.2, 0) is 0 Å². The van der Waals surface area contributed by atoms with Crippen molar-refractivity contribution in [2.24, 2.45) is 0 Å². The first-order valence-corrected chi connectivity index (χ1v) is 6.64. The Morgan fingerprint density at radius 1 is 1.65 bits per heavy atom. The fraction of sp³-hybridized carbons (Fsp3) is 0.700. The van der Waals surface area contributed by atoms with E-state index >= 15 is 0 Å². The molecule has 2 rings (SSSR count). The Morgan fingerprint density at radius 3 is 3.24 bits per heavy atom. The van der Waals surface area contributed by atoms with E-state index in [1.165, 1.54) is 11.3 Å². The maximum absolute atomic E-state index is 12.0. The fourth-order valence-electron chi connectivity index (χ4n) is 2.11. The lowest BCUT2D eigenvalue weighted by Crippen LogP contribution is -2.46. The first-order valence-electron chi connectivity index (χ1n) is 5.76. The number of carbonyl (C=O) groups excluding carboxylic acids is 1. The van der Waals surface area contributed by atoms with Gasteiger partial charge < -0.3 is 10.0 Å². The highest BCUT2D eigenvalue weighted by atomic mass is 32.1. The molecule has 2 N–H and O–H groups in total. The van der Waals surface area contributed by atoms with E-state index in [4.69, 9.17) is 5.11 Å². The SMILES string of the molecule is O=C(Nc1nncs1)N1CCCCC1CCO. The molecule has 1 atom stereocenters. The van der Waals surface area contributed by atoms with Gasteiger partial charge in [0.15, 0.2) is 0 Å². The van der Waals surface area contributed by atoms with Crippen molar-refractivity contribution in [2.45, 2.75) is 31.7 Å². The third-order valence-corrected chi connectivity index (χ3v) is 3.53. The second-order valence-corrected chi connectivity index (χ2v) is 4.86. The molecule has 1 aliphatic rings. The summed E-state index contributed by atoms with van der Waals surface area (Å²) in [6, 6.07) is 0.00146. The smallest absolute Gasteiger partial charge is 0.323 e. The van der Waals surface area contributed by atoms with Gasteiger partial charge in [-0.05, 0) is 25.7 Å². The Hall–Kier alpha value is -1.21. The van der Waals surface area contributed by atoms with Crippen LogP contribution in [0.3, 0.4) is 0 Å². The highest BCUT2D eigenvalue weighted by Gasteiger charge is 2.26. The minimum Gasteiger partial charge on any atom is -0.396 e. The zero-order chi connectivity index (χ0) is 12.1. The number of likely N-dealkylation sites (tertiary alicyclic amines) is 1. The van der Waals surface area contributed by atoms with Crippen molar-refractivity contribution >= 4 is 22.5 Å². The number of rotatable bonds is 3. The number of aliphatic hydroxyl groups excluding tert-OH is 1. The summed E-state index contributed by atoms with van der Waals surface area (Å²) in [6.07, 6.45) is 3.74. The molecule has 1 unspecified atom stereocenters. The van der Waals surface area contributed by atoms with Crippen LogP contribution in [-0.4, -0.2) is 45.4 Å². The van der Waals surface area contributed by atoms with Gasteiger partial charge in [-0.1, -0.05) is 11.3 Å². The van der Waals surface area contributed by atoms with Gasteiger partial charge in [0.2, 0.25) is 5.13 Å². The maximum Gasteiger partial charge on any atom is 0.323 e. The molecule has 1 fully saturated rings. The first kappa shape index (κ1) is 12.3. The van der Waals surface area contributed by atoms with Gasteiger partial charge in [0.05, 0.1) is 0 Å². The number of aromatic nitrogens is 2. The van der Waals surface area contributed by atoms with Crippen molar-refractivity contribution in [2.75, 3.05) is 18.5 Å². The molecule has 2 amide bonds. The highest BCUT2D eigenvalue weighted by Crippen LogP contribution is 2.21. The average Bonchev–Trinajstić information content (AvgIpc) is 2.83. The molecule has 17 heavy (non-hydrogen) atoms. The Bertz CT molecular complexity index is 355. The van der Waals surface area contributed by atoms with Crippen LogP contribution in [0, 0.1) is 0 Å². The van der Waals surface area contributed by atoms with Gasteiger partial charge in [-0.3, -0.25) is 5.32 Å². The van der Waals surface area contributed by atoms with Crippen molar-refractivity contribution in [1.29, 1.82) is 0 Å². The third kappa shape index (κ3) is 3.13. The zero-order valence-electron chi connectivity index (χ0n) is 9.50. The molecule has 0 aliphatic carbocycles. The van der Waals surface area contributed by atoms with Crippen molar-refractivity contribution < 1.29 is 9.90 Å². The number of urea groups is 1. The molecule has 1 aromatic heterocycles. The lowest BCUT2D eigenvalue weighted by Gasteiger charge is -2.35. The molecule has 0 saturated carbocycles. The molecule has 1 saturated heterocycles. The summed E-state index contributed by atoms with van der Waals surface area (Å²) < 4.78 is 0. The van der Waals surface area contributed by atoms with Crippen LogP contribution >= 0.6 is 11.3 Å². The second-order valence-electron chi connectivity index (χ2n) is 4.03. The molecule has 7 heteroatoms. The van der Waals surface area contributed by atoms with Crippen molar-refractivity contribution in [3.8, 4) is 0 Å². The predicted molar refractivity (Wildman–Crippen MR) is 65.0 cm³/mol. The molecule has 0 radical (unpaired) electrons. The predicted octanol–water partition coefficient (Wildman–Crippen LogP) is 1.31. The number of nitrogens with zero attached hydrogens (tertiary/aromatic N) is 3. The van der Waals surface area contributed by atoms with E-state index in [1.807, 2.05) is 0 Å². The van der Waals surface area contributed by atoms with E-state index in [0.29, 0.717) is 11.6 Å². The maximum atomic E-state index is 12.0. The minimum absolute atomic E-state index is 0.118. The van der Waals surface area contributed by atoms with E-state index in [-0.39, 0.29) is 18.7 Å². The topological polar surface area (TPSA) is 78.4 Å². The Morgan fingerprint density at radius 2 is 2.53 bits per heavy atom. The number of amides is 2. The standard InChI is InChI=1S/C10H16N4O2S/c15-6-4-8-3-1-2-5-14(8)10(16)12-9-13-11-7-17-9/h7-8,15H,1-6H2,(H,12,13,16). The van der Waals surface area contributed by atoms with Gasteiger partial charge in [0.25, 0.3) is 0 Å². The van der Waals surface area contributed by atoms with Crippen LogP contribution < -0.4 is 5.32 Å². The van der Waals surface area contributed by atoms with E-state index in [2.05, 4.69) is 15.5 Å². The van der Waals surface area contributed by atoms with E-state index in [9.17, 15) is 4.79 Å². The summed E-state index contributed by atoms with van der Waals surface area (Å²) in [4.78, 5) is 13.8. The summed E-state index contributed by atoms with van der Waals surface area (Å²) >= 11 is 1.30. The number of nitrogens with one attached hydrogen (secondary N) is 1. The number of piperidine rings is 1. The van der Waals surface area contributed by atoms with Crippen LogP contribution in [0.4, 0.5) is 9.93 Å². The lowest BCUT2D eigenvalue weighted by molar-refractivity contribution is 0.141. The zero-order valence-corrected chi connectivity index (χ0v) is 10.3. The van der Waals surface area contributed by atoms with Gasteiger partial charge in [0.1, 0.15) is 5.51 Å². The number of carbonyl (C=O) groups is 1. The second kappa shape index (κ2) is 5.92. The van der Waals surface area contributed by atoms with Gasteiger partial charge in [-0.15, -0.1) is 10.2 Å². The van der Waals surface area contributed by atoms with Crippen molar-refractivity contribution in [3.63, 3.8) is 0 Å². The Balaban J connectivity index is 1.96. The molecular weight excluding hydrogens is 240 g/mol. The van der Waals surface area contributed by atoms with Gasteiger partial charge in [-0.2, -0.15) is 0 Å². The van der Waals surface area contributed by atoms with Crippen LogP contribution in [0.15, 0.2) is 5.51 Å². The average molecular weight is 256 g/mol.